The van der Waals surface area contributed by atoms with Gasteiger partial charge in [-0.1, -0.05) is 17.3 Å². The van der Waals surface area contributed by atoms with Crippen molar-refractivity contribution in [3.63, 3.8) is 0 Å². The Kier molecular flexibility index (Phi) is 3.16. The molecule has 0 aliphatic carbocycles. The van der Waals surface area contributed by atoms with Crippen LogP contribution in [0.1, 0.15) is 5.69 Å². The quantitative estimate of drug-likeness (QED) is 0.782. The molecule has 0 atom stereocenters. The number of carbonyl (C=O) groups is 1. The van der Waals surface area contributed by atoms with Crippen LogP contribution in [0.25, 0.3) is 11.0 Å². The van der Waals surface area contributed by atoms with Crippen LogP contribution in [0.15, 0.2) is 28.8 Å². The number of nitrogens with two attached hydrogens (primary N) is 1. The number of carbonyl (C=O) groups excluding carboxylic acids is 1. The van der Waals surface area contributed by atoms with Crippen LogP contribution in [0.5, 0.6) is 0 Å². The van der Waals surface area contributed by atoms with E-state index in [-0.39, 0.29) is 12.3 Å². The Hall–Kier alpha value is -1.88. The van der Waals surface area contributed by atoms with Gasteiger partial charge in [-0.15, -0.1) is 0 Å². The van der Waals surface area contributed by atoms with E-state index < -0.39 is 0 Å². The lowest BCUT2D eigenvalue weighted by atomic mass is 10.1. The first-order chi connectivity index (χ1) is 7.81. The van der Waals surface area contributed by atoms with Gasteiger partial charge in [0.15, 0.2) is 5.58 Å². The van der Waals surface area contributed by atoms with Crippen molar-refractivity contribution < 1.29 is 9.32 Å². The highest BCUT2D eigenvalue weighted by atomic mass is 16.5. The topological polar surface area (TPSA) is 81.1 Å². The molecule has 3 N–H and O–H groups in total. The normalized spacial score (nSPS) is 10.6. The second-order valence-corrected chi connectivity index (χ2v) is 3.44. The number of para-hydroxylation sites is 1. The van der Waals surface area contributed by atoms with E-state index in [0.29, 0.717) is 24.4 Å². The van der Waals surface area contributed by atoms with Gasteiger partial charge in [-0.2, -0.15) is 0 Å². The maximum atomic E-state index is 11.5. The van der Waals surface area contributed by atoms with Crippen molar-refractivity contribution in [2.45, 2.75) is 6.42 Å². The highest BCUT2D eigenvalue weighted by molar-refractivity contribution is 5.86. The van der Waals surface area contributed by atoms with Gasteiger partial charge in [0.05, 0.1) is 6.42 Å². The summed E-state index contributed by atoms with van der Waals surface area (Å²) in [5.74, 6) is -0.0931. The molecule has 1 amide bonds. The molecule has 5 nitrogen and oxygen atoms in total. The summed E-state index contributed by atoms with van der Waals surface area (Å²) in [6.45, 7) is 0.917. The summed E-state index contributed by atoms with van der Waals surface area (Å²) in [4.78, 5) is 11.5. The van der Waals surface area contributed by atoms with Crippen LogP contribution in [0.4, 0.5) is 0 Å². The lowest BCUT2D eigenvalue weighted by Crippen LogP contribution is -2.30. The molecule has 0 spiro atoms. The Bertz CT molecular complexity index is 493. The van der Waals surface area contributed by atoms with E-state index in [9.17, 15) is 4.79 Å². The van der Waals surface area contributed by atoms with Crippen LogP contribution < -0.4 is 11.1 Å². The first-order valence-corrected chi connectivity index (χ1v) is 5.11. The zero-order valence-corrected chi connectivity index (χ0v) is 8.77. The Labute approximate surface area is 92.6 Å². The maximum Gasteiger partial charge on any atom is 0.226 e. The second-order valence-electron chi connectivity index (χ2n) is 3.44. The summed E-state index contributed by atoms with van der Waals surface area (Å²) in [6.07, 6.45) is 0.219. The third-order valence-electron chi connectivity index (χ3n) is 2.25. The average Bonchev–Trinajstić information content (AvgIpc) is 2.70. The van der Waals surface area contributed by atoms with Crippen molar-refractivity contribution in [1.82, 2.24) is 10.5 Å². The molecular weight excluding hydrogens is 206 g/mol. The molecule has 0 aliphatic rings. The van der Waals surface area contributed by atoms with E-state index in [1.165, 1.54) is 0 Å². The lowest BCUT2D eigenvalue weighted by Gasteiger charge is -2.00. The standard InChI is InChI=1S/C11H13N3O2/c12-5-6-13-11(15)7-9-8-3-1-2-4-10(8)16-14-9/h1-4H,5-7,12H2,(H,13,15). The Morgan fingerprint density at radius 2 is 2.25 bits per heavy atom. The Morgan fingerprint density at radius 1 is 1.44 bits per heavy atom. The number of aromatic nitrogens is 1. The first kappa shape index (κ1) is 10.6. The first-order valence-electron chi connectivity index (χ1n) is 5.11. The molecule has 0 unspecified atom stereocenters. The van der Waals surface area contributed by atoms with Crippen molar-refractivity contribution in [3.05, 3.63) is 30.0 Å². The third-order valence-corrected chi connectivity index (χ3v) is 2.25. The van der Waals surface area contributed by atoms with Gasteiger partial charge >= 0.3 is 0 Å². The number of hydrogen-bond acceptors (Lipinski definition) is 4. The second kappa shape index (κ2) is 4.76. The molecule has 0 bridgehead atoms. The van der Waals surface area contributed by atoms with E-state index in [2.05, 4.69) is 10.5 Å². The molecule has 2 aromatic rings. The van der Waals surface area contributed by atoms with Crippen LogP contribution in [-0.2, 0) is 11.2 Å². The largest absolute Gasteiger partial charge is 0.356 e. The number of amides is 1. The monoisotopic (exact) mass is 219 g/mol. The SMILES string of the molecule is NCCNC(=O)Cc1noc2ccccc12. The van der Waals surface area contributed by atoms with Crippen LogP contribution >= 0.6 is 0 Å². The molecule has 0 aliphatic heterocycles. The fourth-order valence-electron chi connectivity index (χ4n) is 1.49. The maximum absolute atomic E-state index is 11.5. The summed E-state index contributed by atoms with van der Waals surface area (Å²) in [6, 6.07) is 7.47. The van der Waals surface area contributed by atoms with Gasteiger partial charge in [0.2, 0.25) is 5.91 Å². The van der Waals surface area contributed by atoms with Gasteiger partial charge < -0.3 is 15.6 Å². The van der Waals surface area contributed by atoms with Crippen molar-refractivity contribution in [3.8, 4) is 0 Å². The zero-order chi connectivity index (χ0) is 11.4. The molecule has 0 saturated carbocycles. The zero-order valence-electron chi connectivity index (χ0n) is 8.77. The smallest absolute Gasteiger partial charge is 0.226 e. The number of benzene rings is 1. The Balaban J connectivity index is 2.12. The van der Waals surface area contributed by atoms with Crippen LogP contribution in [0, 0.1) is 0 Å². The highest BCUT2D eigenvalue weighted by Crippen LogP contribution is 2.17. The van der Waals surface area contributed by atoms with E-state index >= 15 is 0 Å². The minimum atomic E-state index is -0.0931. The van der Waals surface area contributed by atoms with Crippen molar-refractivity contribution in [1.29, 1.82) is 0 Å². The predicted octanol–water partition coefficient (Wildman–Crippen LogP) is 0.445. The number of rotatable bonds is 4. The third kappa shape index (κ3) is 2.20. The minimum absolute atomic E-state index is 0.0931. The van der Waals surface area contributed by atoms with E-state index in [4.69, 9.17) is 10.3 Å². The average molecular weight is 219 g/mol. The molecular formula is C11H13N3O2. The lowest BCUT2D eigenvalue weighted by molar-refractivity contribution is -0.120. The fraction of sp³-hybridized carbons (Fsp3) is 0.273. The van der Waals surface area contributed by atoms with Gasteiger partial charge in [0.25, 0.3) is 0 Å². The van der Waals surface area contributed by atoms with Crippen LogP contribution in [-0.4, -0.2) is 24.2 Å². The van der Waals surface area contributed by atoms with Crippen molar-refractivity contribution >= 4 is 16.9 Å². The predicted molar refractivity (Wildman–Crippen MR) is 59.8 cm³/mol. The number of nitrogens with zero attached hydrogens (tertiary/aromatic N) is 1. The van der Waals surface area contributed by atoms with E-state index in [1.807, 2.05) is 24.3 Å². The number of nitrogens with one attached hydrogen (secondary N) is 1. The molecule has 5 heteroatoms. The highest BCUT2D eigenvalue weighted by Gasteiger charge is 2.10. The molecule has 1 aromatic carbocycles. The van der Waals surface area contributed by atoms with Crippen molar-refractivity contribution in [2.24, 2.45) is 5.73 Å². The van der Waals surface area contributed by atoms with Crippen molar-refractivity contribution in [2.75, 3.05) is 13.1 Å². The fourth-order valence-corrected chi connectivity index (χ4v) is 1.49. The summed E-state index contributed by atoms with van der Waals surface area (Å²) in [7, 11) is 0. The van der Waals surface area contributed by atoms with Gasteiger partial charge in [-0.3, -0.25) is 4.79 Å². The molecule has 16 heavy (non-hydrogen) atoms. The van der Waals surface area contributed by atoms with Gasteiger partial charge in [0.1, 0.15) is 5.69 Å². The van der Waals surface area contributed by atoms with Crippen LogP contribution in [0.3, 0.4) is 0 Å². The summed E-state index contributed by atoms with van der Waals surface area (Å²) < 4.78 is 5.10. The summed E-state index contributed by atoms with van der Waals surface area (Å²) in [5, 5.41) is 7.45. The molecule has 2 rings (SSSR count). The molecule has 0 saturated heterocycles. The van der Waals surface area contributed by atoms with Crippen LogP contribution in [0.2, 0.25) is 0 Å². The van der Waals surface area contributed by atoms with E-state index in [0.717, 1.165) is 5.39 Å². The number of fused-ring (bicyclic) bond motifs is 1. The molecule has 1 heterocycles. The molecule has 84 valence electrons. The summed E-state index contributed by atoms with van der Waals surface area (Å²) >= 11 is 0. The Morgan fingerprint density at radius 3 is 3.06 bits per heavy atom. The van der Waals surface area contributed by atoms with Gasteiger partial charge in [0, 0.05) is 18.5 Å². The molecule has 1 aromatic heterocycles. The molecule has 0 radical (unpaired) electrons. The van der Waals surface area contributed by atoms with E-state index in [1.54, 1.807) is 0 Å². The molecule has 0 fully saturated rings. The summed E-state index contributed by atoms with van der Waals surface area (Å²) in [5.41, 5.74) is 6.65. The minimum Gasteiger partial charge on any atom is -0.356 e. The number of hydrogen-bond donors (Lipinski definition) is 2. The van der Waals surface area contributed by atoms with Gasteiger partial charge in [-0.05, 0) is 12.1 Å². The van der Waals surface area contributed by atoms with Gasteiger partial charge in [-0.25, -0.2) is 0 Å².